The molecule has 0 amide bonds. The topological polar surface area (TPSA) is 44.5 Å². The molecule has 1 fully saturated rings. The molecule has 1 heterocycles. The summed E-state index contributed by atoms with van der Waals surface area (Å²) in [4.78, 5) is 4.75. The third kappa shape index (κ3) is 3.07. The largest absolute Gasteiger partial charge is 0.397 e. The molecule has 0 atom stereocenters. The Morgan fingerprint density at radius 1 is 1.17 bits per heavy atom. The summed E-state index contributed by atoms with van der Waals surface area (Å²) in [7, 11) is 2.17. The van der Waals surface area contributed by atoms with E-state index in [2.05, 4.69) is 54.2 Å². The zero-order valence-electron chi connectivity index (χ0n) is 11.6. The summed E-state index contributed by atoms with van der Waals surface area (Å²) in [6, 6.07) is 6.73. The van der Waals surface area contributed by atoms with Gasteiger partial charge in [-0.05, 0) is 39.1 Å². The van der Waals surface area contributed by atoms with Crippen molar-refractivity contribution in [1.29, 1.82) is 0 Å². The van der Waals surface area contributed by atoms with Crippen LogP contribution in [0.4, 0.5) is 17.1 Å². The van der Waals surface area contributed by atoms with Crippen molar-refractivity contribution in [2.24, 2.45) is 0 Å². The molecule has 3 N–H and O–H groups in total. The second kappa shape index (κ2) is 5.48. The highest BCUT2D eigenvalue weighted by molar-refractivity contribution is 5.72. The second-order valence-corrected chi connectivity index (χ2v) is 5.36. The number of hydrogen-bond donors (Lipinski definition) is 2. The Balaban J connectivity index is 2.08. The van der Waals surface area contributed by atoms with Gasteiger partial charge in [0.1, 0.15) is 0 Å². The number of rotatable bonds is 3. The highest BCUT2D eigenvalue weighted by atomic mass is 15.2. The summed E-state index contributed by atoms with van der Waals surface area (Å²) in [5.41, 5.74) is 9.20. The van der Waals surface area contributed by atoms with Gasteiger partial charge in [0.2, 0.25) is 0 Å². The predicted octanol–water partition coefficient (Wildman–Crippen LogP) is 1.84. The quantitative estimate of drug-likeness (QED) is 0.801. The molecule has 0 unspecified atom stereocenters. The van der Waals surface area contributed by atoms with E-state index in [-0.39, 0.29) is 0 Å². The molecule has 4 nitrogen and oxygen atoms in total. The van der Waals surface area contributed by atoms with Crippen molar-refractivity contribution in [2.75, 3.05) is 49.2 Å². The van der Waals surface area contributed by atoms with Crippen LogP contribution in [0.25, 0.3) is 0 Å². The van der Waals surface area contributed by atoms with Crippen molar-refractivity contribution < 1.29 is 0 Å². The number of nitrogen functional groups attached to an aromatic ring is 1. The van der Waals surface area contributed by atoms with Gasteiger partial charge in [0.15, 0.2) is 0 Å². The van der Waals surface area contributed by atoms with Crippen LogP contribution in [0.2, 0.25) is 0 Å². The number of anilines is 3. The first-order chi connectivity index (χ1) is 8.56. The van der Waals surface area contributed by atoms with Crippen LogP contribution in [-0.4, -0.2) is 44.2 Å². The van der Waals surface area contributed by atoms with Crippen molar-refractivity contribution in [3.8, 4) is 0 Å². The summed E-state index contributed by atoms with van der Waals surface area (Å²) in [6.45, 7) is 8.62. The van der Waals surface area contributed by atoms with Gasteiger partial charge in [0, 0.05) is 37.9 Å². The highest BCUT2D eigenvalue weighted by Gasteiger charge is 2.15. The molecule has 0 bridgehead atoms. The van der Waals surface area contributed by atoms with Crippen molar-refractivity contribution in [3.05, 3.63) is 18.2 Å². The van der Waals surface area contributed by atoms with Crippen LogP contribution in [0.15, 0.2) is 18.2 Å². The fourth-order valence-corrected chi connectivity index (χ4v) is 2.25. The van der Waals surface area contributed by atoms with Gasteiger partial charge in [0.25, 0.3) is 0 Å². The summed E-state index contributed by atoms with van der Waals surface area (Å²) >= 11 is 0. The minimum Gasteiger partial charge on any atom is -0.397 e. The van der Waals surface area contributed by atoms with Gasteiger partial charge in [-0.2, -0.15) is 0 Å². The molecule has 4 heteroatoms. The van der Waals surface area contributed by atoms with Crippen LogP contribution in [0, 0.1) is 0 Å². The second-order valence-electron chi connectivity index (χ2n) is 5.36. The third-order valence-corrected chi connectivity index (χ3v) is 3.35. The van der Waals surface area contributed by atoms with Crippen LogP contribution >= 0.6 is 0 Å². The molecule has 18 heavy (non-hydrogen) atoms. The lowest BCUT2D eigenvalue weighted by atomic mass is 10.2. The number of nitrogens with two attached hydrogens (primary N) is 1. The lowest BCUT2D eigenvalue weighted by Gasteiger charge is -2.34. The standard InChI is InChI=1S/C14H24N4/c1-11(2)16-14-5-4-12(10-13(14)15)18-8-6-17(3)7-9-18/h4-5,10-11,16H,6-9,15H2,1-3H3. The average molecular weight is 248 g/mol. The maximum Gasteiger partial charge on any atom is 0.0577 e. The number of nitrogens with one attached hydrogen (secondary N) is 1. The van der Waals surface area contributed by atoms with E-state index in [9.17, 15) is 0 Å². The minimum absolute atomic E-state index is 0.404. The Kier molecular flexibility index (Phi) is 3.97. The van der Waals surface area contributed by atoms with Crippen molar-refractivity contribution in [2.45, 2.75) is 19.9 Å². The molecule has 2 rings (SSSR count). The Bertz CT molecular complexity index is 395. The Hall–Kier alpha value is -1.42. The lowest BCUT2D eigenvalue weighted by molar-refractivity contribution is 0.313. The monoisotopic (exact) mass is 248 g/mol. The Morgan fingerprint density at radius 3 is 2.39 bits per heavy atom. The maximum atomic E-state index is 6.10. The minimum atomic E-state index is 0.404. The van der Waals surface area contributed by atoms with Crippen molar-refractivity contribution in [3.63, 3.8) is 0 Å². The van der Waals surface area contributed by atoms with Gasteiger partial charge in [-0.1, -0.05) is 0 Å². The van der Waals surface area contributed by atoms with Crippen LogP contribution in [0.1, 0.15) is 13.8 Å². The van der Waals surface area contributed by atoms with Gasteiger partial charge >= 0.3 is 0 Å². The fourth-order valence-electron chi connectivity index (χ4n) is 2.25. The first-order valence-corrected chi connectivity index (χ1v) is 6.66. The van der Waals surface area contributed by atoms with E-state index in [1.54, 1.807) is 0 Å². The number of hydrogen-bond acceptors (Lipinski definition) is 4. The molecule has 0 spiro atoms. The molecular weight excluding hydrogens is 224 g/mol. The van der Waals surface area contributed by atoms with Crippen molar-refractivity contribution in [1.82, 2.24) is 4.90 Å². The normalized spacial score (nSPS) is 17.2. The maximum absolute atomic E-state index is 6.10. The number of piperazine rings is 1. The van der Waals surface area contributed by atoms with Gasteiger partial charge in [-0.15, -0.1) is 0 Å². The highest BCUT2D eigenvalue weighted by Crippen LogP contribution is 2.26. The molecule has 0 aromatic heterocycles. The van der Waals surface area contributed by atoms with E-state index in [4.69, 9.17) is 5.73 Å². The van der Waals surface area contributed by atoms with Gasteiger partial charge < -0.3 is 20.9 Å². The van der Waals surface area contributed by atoms with Crippen LogP contribution < -0.4 is 16.0 Å². The molecule has 0 aliphatic carbocycles. The predicted molar refractivity (Wildman–Crippen MR) is 79.3 cm³/mol. The first-order valence-electron chi connectivity index (χ1n) is 6.66. The Labute approximate surface area is 110 Å². The number of nitrogens with zero attached hydrogens (tertiary/aromatic N) is 2. The van der Waals surface area contributed by atoms with Crippen LogP contribution in [-0.2, 0) is 0 Å². The first kappa shape index (κ1) is 13.0. The number of likely N-dealkylation sites (N-methyl/N-ethyl adjacent to an activating group) is 1. The van der Waals surface area contributed by atoms with Crippen molar-refractivity contribution >= 4 is 17.1 Å². The average Bonchev–Trinajstić information content (AvgIpc) is 2.32. The summed E-state index contributed by atoms with van der Waals surface area (Å²) in [6.07, 6.45) is 0. The zero-order valence-corrected chi connectivity index (χ0v) is 11.6. The molecular formula is C14H24N4. The summed E-state index contributed by atoms with van der Waals surface area (Å²) in [5.74, 6) is 0. The molecule has 1 aliphatic rings. The van der Waals surface area contributed by atoms with E-state index in [0.29, 0.717) is 6.04 Å². The molecule has 0 saturated carbocycles. The van der Waals surface area contributed by atoms with Crippen LogP contribution in [0.3, 0.4) is 0 Å². The third-order valence-electron chi connectivity index (χ3n) is 3.35. The van der Waals surface area contributed by atoms with E-state index in [0.717, 1.165) is 37.6 Å². The lowest BCUT2D eigenvalue weighted by Crippen LogP contribution is -2.44. The van der Waals surface area contributed by atoms with Gasteiger partial charge in [-0.3, -0.25) is 0 Å². The number of benzene rings is 1. The molecule has 1 aromatic rings. The van der Waals surface area contributed by atoms with E-state index < -0.39 is 0 Å². The molecule has 1 aliphatic heterocycles. The van der Waals surface area contributed by atoms with E-state index in [1.165, 1.54) is 5.69 Å². The summed E-state index contributed by atoms with van der Waals surface area (Å²) in [5, 5.41) is 3.36. The molecule has 0 radical (unpaired) electrons. The van der Waals surface area contributed by atoms with Crippen LogP contribution in [0.5, 0.6) is 0 Å². The molecule has 1 saturated heterocycles. The SMILES string of the molecule is CC(C)Nc1ccc(N2CCN(C)CC2)cc1N. The molecule has 100 valence electrons. The van der Waals surface area contributed by atoms with Gasteiger partial charge in [-0.25, -0.2) is 0 Å². The Morgan fingerprint density at radius 2 is 1.83 bits per heavy atom. The van der Waals surface area contributed by atoms with E-state index >= 15 is 0 Å². The fraction of sp³-hybridized carbons (Fsp3) is 0.571. The smallest absolute Gasteiger partial charge is 0.0577 e. The van der Waals surface area contributed by atoms with Gasteiger partial charge in [0.05, 0.1) is 11.4 Å². The summed E-state index contributed by atoms with van der Waals surface area (Å²) < 4.78 is 0. The molecule has 1 aromatic carbocycles. The zero-order chi connectivity index (χ0) is 13.1. The van der Waals surface area contributed by atoms with E-state index in [1.807, 2.05) is 0 Å².